The summed E-state index contributed by atoms with van der Waals surface area (Å²) < 4.78 is 33.2. The molecular formula is C27H34ClN3O5S. The van der Waals surface area contributed by atoms with Crippen LogP contribution in [0.3, 0.4) is 0 Å². The SMILES string of the molecule is O=C(N[C@@H](CC1CCCCC1)C(=O)NCC1CN(S(=O)(=O)c2ccc(Cl)cc2)CCO1)c1ccccc1. The molecule has 10 heteroatoms. The van der Waals surface area contributed by atoms with Gasteiger partial charge in [-0.25, -0.2) is 8.42 Å². The monoisotopic (exact) mass is 547 g/mol. The molecule has 2 aliphatic rings. The fourth-order valence-corrected chi connectivity index (χ4v) is 6.53. The predicted molar refractivity (Wildman–Crippen MR) is 142 cm³/mol. The van der Waals surface area contributed by atoms with Gasteiger partial charge < -0.3 is 15.4 Å². The molecule has 4 rings (SSSR count). The molecule has 1 heterocycles. The van der Waals surface area contributed by atoms with Gasteiger partial charge in [-0.2, -0.15) is 4.31 Å². The summed E-state index contributed by atoms with van der Waals surface area (Å²) in [5, 5.41) is 6.28. The minimum absolute atomic E-state index is 0.120. The fraction of sp³-hybridized carbons (Fsp3) is 0.481. The van der Waals surface area contributed by atoms with E-state index in [1.54, 1.807) is 36.4 Å². The summed E-state index contributed by atoms with van der Waals surface area (Å²) in [6.07, 6.45) is 5.66. The van der Waals surface area contributed by atoms with Crippen LogP contribution in [0.2, 0.25) is 5.02 Å². The molecule has 1 saturated heterocycles. The quantitative estimate of drug-likeness (QED) is 0.499. The van der Waals surface area contributed by atoms with E-state index in [0.717, 1.165) is 25.7 Å². The van der Waals surface area contributed by atoms with Crippen LogP contribution in [0, 0.1) is 5.92 Å². The molecule has 1 saturated carbocycles. The Kier molecular flexibility index (Phi) is 9.59. The van der Waals surface area contributed by atoms with Crippen molar-refractivity contribution in [3.05, 3.63) is 65.2 Å². The first-order valence-electron chi connectivity index (χ1n) is 12.8. The van der Waals surface area contributed by atoms with Crippen molar-refractivity contribution in [2.24, 2.45) is 5.92 Å². The van der Waals surface area contributed by atoms with E-state index < -0.39 is 22.2 Å². The number of nitrogens with zero attached hydrogens (tertiary/aromatic N) is 1. The largest absolute Gasteiger partial charge is 0.374 e. The van der Waals surface area contributed by atoms with Crippen molar-refractivity contribution in [3.8, 4) is 0 Å². The molecule has 1 aliphatic carbocycles. The number of benzene rings is 2. The van der Waals surface area contributed by atoms with Gasteiger partial charge in [0.15, 0.2) is 0 Å². The molecule has 1 unspecified atom stereocenters. The van der Waals surface area contributed by atoms with Crippen molar-refractivity contribution in [1.29, 1.82) is 0 Å². The Balaban J connectivity index is 1.37. The second-order valence-corrected chi connectivity index (χ2v) is 12.1. The Bertz CT molecular complexity index is 1150. The average Bonchev–Trinajstić information content (AvgIpc) is 2.93. The van der Waals surface area contributed by atoms with Gasteiger partial charge in [-0.1, -0.05) is 61.9 Å². The van der Waals surface area contributed by atoms with Crippen molar-refractivity contribution < 1.29 is 22.7 Å². The Labute approximate surface area is 223 Å². The maximum absolute atomic E-state index is 13.2. The van der Waals surface area contributed by atoms with E-state index >= 15 is 0 Å². The molecule has 37 heavy (non-hydrogen) atoms. The van der Waals surface area contributed by atoms with Crippen LogP contribution in [-0.2, 0) is 19.6 Å². The third kappa shape index (κ3) is 7.54. The molecular weight excluding hydrogens is 514 g/mol. The van der Waals surface area contributed by atoms with Crippen molar-refractivity contribution in [1.82, 2.24) is 14.9 Å². The molecule has 200 valence electrons. The van der Waals surface area contributed by atoms with E-state index in [-0.39, 0.29) is 43.0 Å². The molecule has 2 amide bonds. The molecule has 2 N–H and O–H groups in total. The highest BCUT2D eigenvalue weighted by atomic mass is 35.5. The molecule has 2 aromatic rings. The van der Waals surface area contributed by atoms with Crippen LogP contribution in [-0.4, -0.2) is 62.9 Å². The molecule has 0 aromatic heterocycles. The first-order chi connectivity index (χ1) is 17.8. The van der Waals surface area contributed by atoms with Gasteiger partial charge in [0.1, 0.15) is 6.04 Å². The highest BCUT2D eigenvalue weighted by Gasteiger charge is 2.32. The number of hydrogen-bond acceptors (Lipinski definition) is 5. The second kappa shape index (κ2) is 12.9. The van der Waals surface area contributed by atoms with Gasteiger partial charge in [0.2, 0.25) is 15.9 Å². The van der Waals surface area contributed by atoms with E-state index in [1.807, 2.05) is 6.07 Å². The zero-order valence-corrected chi connectivity index (χ0v) is 22.3. The lowest BCUT2D eigenvalue weighted by Crippen LogP contribution is -2.53. The summed E-state index contributed by atoms with van der Waals surface area (Å²) in [6, 6.07) is 14.2. The minimum atomic E-state index is -3.71. The van der Waals surface area contributed by atoms with Gasteiger partial charge in [0, 0.05) is 30.2 Å². The van der Waals surface area contributed by atoms with Crippen LogP contribution in [0.25, 0.3) is 0 Å². The second-order valence-electron chi connectivity index (χ2n) is 9.69. The maximum Gasteiger partial charge on any atom is 0.251 e. The number of ether oxygens (including phenoxy) is 1. The van der Waals surface area contributed by atoms with Crippen molar-refractivity contribution >= 4 is 33.4 Å². The molecule has 0 spiro atoms. The third-order valence-corrected chi connectivity index (χ3v) is 9.14. The highest BCUT2D eigenvalue weighted by molar-refractivity contribution is 7.89. The number of hydrogen-bond donors (Lipinski definition) is 2. The lowest BCUT2D eigenvalue weighted by Gasteiger charge is -2.33. The highest BCUT2D eigenvalue weighted by Crippen LogP contribution is 2.27. The van der Waals surface area contributed by atoms with Gasteiger partial charge in [0.05, 0.1) is 17.6 Å². The molecule has 2 fully saturated rings. The molecule has 1 aliphatic heterocycles. The maximum atomic E-state index is 13.2. The molecule has 0 radical (unpaired) electrons. The smallest absolute Gasteiger partial charge is 0.251 e. The fourth-order valence-electron chi connectivity index (χ4n) is 4.95. The summed E-state index contributed by atoms with van der Waals surface area (Å²) in [4.78, 5) is 26.2. The predicted octanol–water partition coefficient (Wildman–Crippen LogP) is 3.61. The number of morpholine rings is 1. The topological polar surface area (TPSA) is 105 Å². The zero-order valence-electron chi connectivity index (χ0n) is 20.8. The zero-order chi connectivity index (χ0) is 26.3. The Hall–Kier alpha value is -2.46. The van der Waals surface area contributed by atoms with E-state index in [2.05, 4.69) is 10.6 Å². The van der Waals surface area contributed by atoms with E-state index in [9.17, 15) is 18.0 Å². The van der Waals surface area contributed by atoms with Crippen molar-refractivity contribution in [2.45, 2.75) is 55.6 Å². The number of carbonyl (C=O) groups excluding carboxylic acids is 2. The summed E-state index contributed by atoms with van der Waals surface area (Å²) in [7, 11) is -3.71. The minimum Gasteiger partial charge on any atom is -0.374 e. The van der Waals surface area contributed by atoms with Gasteiger partial charge in [0.25, 0.3) is 5.91 Å². The van der Waals surface area contributed by atoms with Gasteiger partial charge in [-0.3, -0.25) is 9.59 Å². The van der Waals surface area contributed by atoms with Crippen molar-refractivity contribution in [3.63, 3.8) is 0 Å². The number of carbonyl (C=O) groups is 2. The van der Waals surface area contributed by atoms with Crippen LogP contribution in [0.5, 0.6) is 0 Å². The van der Waals surface area contributed by atoms with Gasteiger partial charge in [-0.05, 0) is 48.7 Å². The molecule has 8 nitrogen and oxygen atoms in total. The summed E-state index contributed by atoms with van der Waals surface area (Å²) in [5.41, 5.74) is 0.502. The summed E-state index contributed by atoms with van der Waals surface area (Å²) >= 11 is 5.90. The van der Waals surface area contributed by atoms with Crippen LogP contribution in [0.1, 0.15) is 48.9 Å². The Morgan fingerprint density at radius 3 is 2.43 bits per heavy atom. The number of sulfonamides is 1. The molecule has 2 atom stereocenters. The number of halogens is 1. The standard InChI is InChI=1S/C27H34ClN3O5S/c28-22-11-13-24(14-12-22)37(34,35)31-15-16-36-23(19-31)18-29-27(33)25(17-20-7-3-1-4-8-20)30-26(32)21-9-5-2-6-10-21/h2,5-6,9-14,20,23,25H,1,3-4,7-8,15-19H2,(H,29,33)(H,30,32)/t23?,25-/m0/s1. The van der Waals surface area contributed by atoms with Crippen LogP contribution in [0.15, 0.2) is 59.5 Å². The molecule has 0 bridgehead atoms. The van der Waals surface area contributed by atoms with Crippen molar-refractivity contribution in [2.75, 3.05) is 26.2 Å². The normalized spacial score (nSPS) is 20.2. The first kappa shape index (κ1) is 27.6. The summed E-state index contributed by atoms with van der Waals surface area (Å²) in [5.74, 6) is -0.187. The van der Waals surface area contributed by atoms with E-state index in [4.69, 9.17) is 16.3 Å². The lowest BCUT2D eigenvalue weighted by molar-refractivity contribution is -0.124. The lowest BCUT2D eigenvalue weighted by atomic mass is 9.84. The Morgan fingerprint density at radius 2 is 1.73 bits per heavy atom. The average molecular weight is 548 g/mol. The van der Waals surface area contributed by atoms with Crippen LogP contribution >= 0.6 is 11.6 Å². The number of amides is 2. The summed E-state index contributed by atoms with van der Waals surface area (Å²) in [6.45, 7) is 0.721. The van der Waals surface area contributed by atoms with Crippen LogP contribution < -0.4 is 10.6 Å². The number of nitrogens with one attached hydrogen (secondary N) is 2. The number of rotatable bonds is 9. The van der Waals surface area contributed by atoms with E-state index in [1.165, 1.54) is 22.9 Å². The Morgan fingerprint density at radius 1 is 1.03 bits per heavy atom. The van der Waals surface area contributed by atoms with Gasteiger partial charge in [-0.15, -0.1) is 0 Å². The van der Waals surface area contributed by atoms with Gasteiger partial charge >= 0.3 is 0 Å². The first-order valence-corrected chi connectivity index (χ1v) is 14.7. The van der Waals surface area contributed by atoms with Crippen LogP contribution in [0.4, 0.5) is 0 Å². The molecule has 2 aromatic carbocycles. The van der Waals surface area contributed by atoms with E-state index in [0.29, 0.717) is 22.9 Å². The third-order valence-electron chi connectivity index (χ3n) is 7.01.